The lowest BCUT2D eigenvalue weighted by Crippen LogP contribution is -2.50. The number of benzene rings is 2. The third-order valence-electron chi connectivity index (χ3n) is 4.60. The molecule has 150 valence electrons. The first-order valence-electron chi connectivity index (χ1n) is 8.89. The van der Waals surface area contributed by atoms with Crippen molar-refractivity contribution in [3.05, 3.63) is 64.1 Å². The third-order valence-corrected chi connectivity index (χ3v) is 7.08. The van der Waals surface area contributed by atoms with Gasteiger partial charge in [-0.2, -0.15) is 4.31 Å². The molecule has 0 radical (unpaired) electrons. The topological polar surface area (TPSA) is 69.7 Å². The number of hydrogen-bond donors (Lipinski definition) is 1. The van der Waals surface area contributed by atoms with Gasteiger partial charge in [-0.3, -0.25) is 9.69 Å². The van der Waals surface area contributed by atoms with Crippen LogP contribution < -0.4 is 5.32 Å². The summed E-state index contributed by atoms with van der Waals surface area (Å²) < 4.78 is 26.8. The predicted molar refractivity (Wildman–Crippen MR) is 110 cm³/mol. The molecule has 0 unspecified atom stereocenters. The predicted octanol–water partition coefficient (Wildman–Crippen LogP) is 2.73. The molecule has 1 saturated heterocycles. The maximum atomic E-state index is 12.6. The summed E-state index contributed by atoms with van der Waals surface area (Å²) in [5.74, 6) is -0.280. The number of hydrogen-bond acceptors (Lipinski definition) is 4. The number of nitrogens with one attached hydrogen (secondary N) is 1. The lowest BCUT2D eigenvalue weighted by atomic mass is 10.2. The van der Waals surface area contributed by atoms with Gasteiger partial charge in [0.05, 0.1) is 15.5 Å². The normalized spacial score (nSPS) is 16.1. The molecule has 2 aromatic rings. The maximum Gasteiger partial charge on any atom is 0.252 e. The second kappa shape index (κ2) is 9.24. The molecule has 1 aliphatic heterocycles. The lowest BCUT2D eigenvalue weighted by molar-refractivity contribution is 0.0945. The average Bonchev–Trinajstić information content (AvgIpc) is 2.71. The Labute approximate surface area is 175 Å². The molecule has 1 amide bonds. The van der Waals surface area contributed by atoms with Crippen molar-refractivity contribution in [2.24, 2.45) is 0 Å². The fourth-order valence-corrected chi connectivity index (χ4v) is 4.85. The van der Waals surface area contributed by atoms with E-state index in [0.29, 0.717) is 59.8 Å². The van der Waals surface area contributed by atoms with Gasteiger partial charge in [-0.15, -0.1) is 0 Å². The number of amides is 1. The Bertz CT molecular complexity index is 931. The number of carbonyl (C=O) groups excluding carboxylic acids is 1. The van der Waals surface area contributed by atoms with Crippen LogP contribution in [-0.4, -0.2) is 62.8 Å². The summed E-state index contributed by atoms with van der Waals surface area (Å²) in [5, 5.41) is 3.62. The lowest BCUT2D eigenvalue weighted by Gasteiger charge is -2.33. The van der Waals surface area contributed by atoms with Crippen molar-refractivity contribution in [2.75, 3.05) is 39.3 Å². The molecule has 9 heteroatoms. The average molecular weight is 442 g/mol. The van der Waals surface area contributed by atoms with E-state index in [1.165, 1.54) is 10.4 Å². The fourth-order valence-electron chi connectivity index (χ4n) is 3.03. The first-order valence-corrected chi connectivity index (χ1v) is 11.1. The molecule has 0 aromatic heterocycles. The molecule has 1 aliphatic rings. The van der Waals surface area contributed by atoms with E-state index in [0.717, 1.165) is 0 Å². The van der Waals surface area contributed by atoms with E-state index in [4.69, 9.17) is 23.2 Å². The molecule has 2 aromatic carbocycles. The van der Waals surface area contributed by atoms with Crippen molar-refractivity contribution < 1.29 is 13.2 Å². The number of piperazine rings is 1. The van der Waals surface area contributed by atoms with Gasteiger partial charge in [0.2, 0.25) is 10.0 Å². The van der Waals surface area contributed by atoms with Crippen LogP contribution in [0.15, 0.2) is 53.4 Å². The minimum atomic E-state index is -3.45. The van der Waals surface area contributed by atoms with Crippen molar-refractivity contribution in [3.63, 3.8) is 0 Å². The SMILES string of the molecule is O=C(NCCN1CCN(S(=O)(=O)c2ccccc2)CC1)c1cc(Cl)ccc1Cl. The molecule has 6 nitrogen and oxygen atoms in total. The van der Waals surface area contributed by atoms with Crippen LogP contribution in [-0.2, 0) is 10.0 Å². The van der Waals surface area contributed by atoms with Crippen molar-refractivity contribution in [1.29, 1.82) is 0 Å². The molecular formula is C19H21Cl2N3O3S. The summed E-state index contributed by atoms with van der Waals surface area (Å²) in [7, 11) is -3.45. The highest BCUT2D eigenvalue weighted by Crippen LogP contribution is 2.20. The van der Waals surface area contributed by atoms with Crippen LogP contribution >= 0.6 is 23.2 Å². The van der Waals surface area contributed by atoms with E-state index in [1.807, 2.05) is 0 Å². The molecule has 0 aliphatic carbocycles. The number of rotatable bonds is 6. The summed E-state index contributed by atoms with van der Waals surface area (Å²) in [6.07, 6.45) is 0. The minimum Gasteiger partial charge on any atom is -0.351 e. The number of carbonyl (C=O) groups is 1. The molecule has 1 heterocycles. The third kappa shape index (κ3) is 5.04. The van der Waals surface area contributed by atoms with E-state index in [9.17, 15) is 13.2 Å². The summed E-state index contributed by atoms with van der Waals surface area (Å²) >= 11 is 11.9. The van der Waals surface area contributed by atoms with E-state index in [1.54, 1.807) is 42.5 Å². The van der Waals surface area contributed by atoms with Crippen molar-refractivity contribution in [3.8, 4) is 0 Å². The Morgan fingerprint density at radius 3 is 2.36 bits per heavy atom. The van der Waals surface area contributed by atoms with Crippen molar-refractivity contribution >= 4 is 39.1 Å². The molecule has 0 atom stereocenters. The molecule has 1 N–H and O–H groups in total. The molecule has 0 bridgehead atoms. The summed E-state index contributed by atoms with van der Waals surface area (Å²) in [6.45, 7) is 3.13. The highest BCUT2D eigenvalue weighted by atomic mass is 35.5. The highest BCUT2D eigenvalue weighted by molar-refractivity contribution is 7.89. The molecule has 28 heavy (non-hydrogen) atoms. The Balaban J connectivity index is 1.47. The van der Waals surface area contributed by atoms with Gasteiger partial charge in [0.15, 0.2) is 0 Å². The van der Waals surface area contributed by atoms with Gasteiger partial charge in [0, 0.05) is 44.3 Å². The van der Waals surface area contributed by atoms with Crippen LogP contribution in [0.25, 0.3) is 0 Å². The summed E-state index contributed by atoms with van der Waals surface area (Å²) in [6, 6.07) is 13.2. The Kier molecular flexibility index (Phi) is 6.95. The smallest absolute Gasteiger partial charge is 0.252 e. The summed E-state index contributed by atoms with van der Waals surface area (Å²) in [5.41, 5.74) is 0.341. The first kappa shape index (κ1) is 21.1. The second-order valence-electron chi connectivity index (χ2n) is 6.44. The van der Waals surface area contributed by atoms with Gasteiger partial charge in [-0.05, 0) is 30.3 Å². The zero-order chi connectivity index (χ0) is 20.1. The van der Waals surface area contributed by atoms with Crippen LogP contribution in [0, 0.1) is 0 Å². The largest absolute Gasteiger partial charge is 0.351 e. The molecule has 0 saturated carbocycles. The van der Waals surface area contributed by atoms with Crippen LogP contribution in [0.4, 0.5) is 0 Å². The van der Waals surface area contributed by atoms with Gasteiger partial charge in [0.25, 0.3) is 5.91 Å². The number of halogens is 2. The molecule has 3 rings (SSSR count). The van der Waals surface area contributed by atoms with E-state index >= 15 is 0 Å². The highest BCUT2D eigenvalue weighted by Gasteiger charge is 2.28. The molecule has 1 fully saturated rings. The summed E-state index contributed by atoms with van der Waals surface area (Å²) in [4.78, 5) is 14.7. The zero-order valence-electron chi connectivity index (χ0n) is 15.1. The standard InChI is InChI=1S/C19H21Cl2N3O3S/c20-15-6-7-18(21)17(14-15)19(25)22-8-9-23-10-12-24(13-11-23)28(26,27)16-4-2-1-3-5-16/h1-7,14H,8-13H2,(H,22,25). The Morgan fingerprint density at radius 1 is 1.00 bits per heavy atom. The number of nitrogens with zero attached hydrogens (tertiary/aromatic N) is 2. The second-order valence-corrected chi connectivity index (χ2v) is 9.22. The quantitative estimate of drug-likeness (QED) is 0.747. The maximum absolute atomic E-state index is 12.6. The molecular weight excluding hydrogens is 421 g/mol. The zero-order valence-corrected chi connectivity index (χ0v) is 17.5. The van der Waals surface area contributed by atoms with Crippen LogP contribution in [0.5, 0.6) is 0 Å². The number of sulfonamides is 1. The monoisotopic (exact) mass is 441 g/mol. The van der Waals surface area contributed by atoms with Crippen molar-refractivity contribution in [2.45, 2.75) is 4.90 Å². The first-order chi connectivity index (χ1) is 13.4. The van der Waals surface area contributed by atoms with Crippen LogP contribution in [0.2, 0.25) is 10.0 Å². The Morgan fingerprint density at radius 2 is 1.68 bits per heavy atom. The van der Waals surface area contributed by atoms with E-state index in [2.05, 4.69) is 10.2 Å². The minimum absolute atomic E-state index is 0.280. The van der Waals surface area contributed by atoms with Gasteiger partial charge in [-0.25, -0.2) is 8.42 Å². The van der Waals surface area contributed by atoms with Gasteiger partial charge < -0.3 is 5.32 Å². The van der Waals surface area contributed by atoms with Gasteiger partial charge in [-0.1, -0.05) is 41.4 Å². The van der Waals surface area contributed by atoms with Crippen LogP contribution in [0.1, 0.15) is 10.4 Å². The van der Waals surface area contributed by atoms with E-state index < -0.39 is 10.0 Å². The van der Waals surface area contributed by atoms with Crippen LogP contribution in [0.3, 0.4) is 0 Å². The van der Waals surface area contributed by atoms with E-state index in [-0.39, 0.29) is 5.91 Å². The van der Waals surface area contributed by atoms with Gasteiger partial charge >= 0.3 is 0 Å². The van der Waals surface area contributed by atoms with Gasteiger partial charge in [0.1, 0.15) is 0 Å². The molecule has 0 spiro atoms. The Hall–Kier alpha value is -1.64. The van der Waals surface area contributed by atoms with Crippen molar-refractivity contribution in [1.82, 2.24) is 14.5 Å². The fraction of sp³-hybridized carbons (Fsp3) is 0.316.